The highest BCUT2D eigenvalue weighted by molar-refractivity contribution is 5.96. The topological polar surface area (TPSA) is 61.9 Å². The van der Waals surface area contributed by atoms with E-state index >= 15 is 0 Å². The van der Waals surface area contributed by atoms with Crippen LogP contribution in [0.15, 0.2) is 48.5 Å². The molecule has 28 heavy (non-hydrogen) atoms. The third kappa shape index (κ3) is 4.60. The minimum absolute atomic E-state index is 0.0305. The maximum Gasteiger partial charge on any atom is 0.317 e. The van der Waals surface area contributed by atoms with Crippen LogP contribution in [0.3, 0.4) is 0 Å². The molecule has 1 saturated heterocycles. The number of rotatable bonds is 6. The van der Waals surface area contributed by atoms with Crippen molar-refractivity contribution < 1.29 is 18.7 Å². The molecule has 7 heteroatoms. The van der Waals surface area contributed by atoms with Crippen LogP contribution >= 0.6 is 0 Å². The summed E-state index contributed by atoms with van der Waals surface area (Å²) in [5, 5.41) is 2.94. The van der Waals surface area contributed by atoms with Gasteiger partial charge in [-0.05, 0) is 48.9 Å². The summed E-state index contributed by atoms with van der Waals surface area (Å²) in [5.74, 6) is 0.385. The molecule has 0 saturated carbocycles. The number of hydrogen-bond acceptors (Lipinski definition) is 3. The second-order valence-corrected chi connectivity index (χ2v) is 6.69. The number of ether oxygens (including phenoxy) is 1. The summed E-state index contributed by atoms with van der Waals surface area (Å²) >= 11 is 0. The van der Waals surface area contributed by atoms with Gasteiger partial charge in [0.25, 0.3) is 0 Å². The molecule has 148 valence electrons. The molecule has 2 aromatic rings. The van der Waals surface area contributed by atoms with Crippen molar-refractivity contribution in [3.05, 3.63) is 59.9 Å². The van der Waals surface area contributed by atoms with Gasteiger partial charge >= 0.3 is 6.03 Å². The molecule has 0 spiro atoms. The molecule has 3 rings (SSSR count). The molecule has 3 amide bonds. The lowest BCUT2D eigenvalue weighted by Crippen LogP contribution is -2.45. The number of amides is 3. The number of methoxy groups -OCH3 is 1. The Morgan fingerprint density at radius 3 is 2.50 bits per heavy atom. The van der Waals surface area contributed by atoms with Gasteiger partial charge in [-0.3, -0.25) is 4.79 Å². The molecule has 0 radical (unpaired) electrons. The average molecular weight is 385 g/mol. The molecule has 0 bridgehead atoms. The van der Waals surface area contributed by atoms with Gasteiger partial charge in [-0.15, -0.1) is 0 Å². The van der Waals surface area contributed by atoms with Gasteiger partial charge in [0.1, 0.15) is 11.6 Å². The molecule has 1 aliphatic rings. The van der Waals surface area contributed by atoms with E-state index in [0.717, 1.165) is 17.0 Å². The van der Waals surface area contributed by atoms with Gasteiger partial charge < -0.3 is 19.9 Å². The van der Waals surface area contributed by atoms with E-state index in [1.807, 2.05) is 19.1 Å². The third-order valence-electron chi connectivity index (χ3n) is 4.79. The highest BCUT2D eigenvalue weighted by atomic mass is 19.1. The first-order valence-corrected chi connectivity index (χ1v) is 9.24. The van der Waals surface area contributed by atoms with Crippen molar-refractivity contribution in [2.24, 2.45) is 0 Å². The minimum Gasteiger partial charge on any atom is -0.497 e. The Morgan fingerprint density at radius 1 is 1.21 bits per heavy atom. The number of urea groups is 1. The summed E-state index contributed by atoms with van der Waals surface area (Å²) in [4.78, 5) is 28.3. The zero-order valence-corrected chi connectivity index (χ0v) is 16.0. The van der Waals surface area contributed by atoms with Gasteiger partial charge in [0.2, 0.25) is 5.91 Å². The summed E-state index contributed by atoms with van der Waals surface area (Å²) in [5.41, 5.74) is 1.63. The summed E-state index contributed by atoms with van der Waals surface area (Å²) in [6, 6.07) is 12.8. The quantitative estimate of drug-likeness (QED) is 0.831. The van der Waals surface area contributed by atoms with E-state index in [4.69, 9.17) is 4.74 Å². The van der Waals surface area contributed by atoms with Crippen LogP contribution in [-0.2, 0) is 11.3 Å². The lowest BCUT2D eigenvalue weighted by Gasteiger charge is -2.24. The second kappa shape index (κ2) is 8.73. The first-order chi connectivity index (χ1) is 13.5. The SMILES string of the molecule is CCN(Cc1ccc(F)cc1)C(=O)NC1CC(=O)N(c2ccc(OC)cc2)C1. The van der Waals surface area contributed by atoms with Crippen LogP contribution in [0.4, 0.5) is 14.9 Å². The number of anilines is 1. The van der Waals surface area contributed by atoms with E-state index < -0.39 is 0 Å². The molecule has 1 aliphatic heterocycles. The van der Waals surface area contributed by atoms with E-state index in [9.17, 15) is 14.0 Å². The molecular weight excluding hydrogens is 361 g/mol. The number of nitrogens with zero attached hydrogens (tertiary/aromatic N) is 2. The van der Waals surface area contributed by atoms with Crippen molar-refractivity contribution in [2.45, 2.75) is 25.9 Å². The Balaban J connectivity index is 1.60. The summed E-state index contributed by atoms with van der Waals surface area (Å²) < 4.78 is 18.2. The Kier molecular flexibility index (Phi) is 6.13. The first kappa shape index (κ1) is 19.7. The predicted octanol–water partition coefficient (Wildman–Crippen LogP) is 3.17. The summed E-state index contributed by atoms with van der Waals surface area (Å²) in [6.45, 7) is 3.19. The smallest absolute Gasteiger partial charge is 0.317 e. The van der Waals surface area contributed by atoms with Crippen molar-refractivity contribution in [1.29, 1.82) is 0 Å². The Bertz CT molecular complexity index is 824. The highest BCUT2D eigenvalue weighted by Gasteiger charge is 2.32. The van der Waals surface area contributed by atoms with E-state index in [0.29, 0.717) is 19.6 Å². The monoisotopic (exact) mass is 385 g/mol. The number of benzene rings is 2. The summed E-state index contributed by atoms with van der Waals surface area (Å²) in [6.07, 6.45) is 0.256. The molecule has 0 aliphatic carbocycles. The Morgan fingerprint density at radius 2 is 1.89 bits per heavy atom. The highest BCUT2D eigenvalue weighted by Crippen LogP contribution is 2.24. The van der Waals surface area contributed by atoms with E-state index in [-0.39, 0.29) is 30.2 Å². The number of halogens is 1. The van der Waals surface area contributed by atoms with Gasteiger partial charge in [0.15, 0.2) is 0 Å². The fraction of sp³-hybridized carbons (Fsp3) is 0.333. The van der Waals surface area contributed by atoms with Crippen LogP contribution in [0.25, 0.3) is 0 Å². The van der Waals surface area contributed by atoms with Gasteiger partial charge in [0, 0.05) is 31.7 Å². The fourth-order valence-electron chi connectivity index (χ4n) is 3.22. The molecule has 1 fully saturated rings. The molecule has 0 aromatic heterocycles. The molecule has 1 N–H and O–H groups in total. The number of carbonyl (C=O) groups excluding carboxylic acids is 2. The van der Waals surface area contributed by atoms with Crippen LogP contribution in [0.5, 0.6) is 5.75 Å². The molecular formula is C21H24FN3O3. The number of hydrogen-bond donors (Lipinski definition) is 1. The van der Waals surface area contributed by atoms with Crippen LogP contribution in [0.2, 0.25) is 0 Å². The van der Waals surface area contributed by atoms with Crippen molar-refractivity contribution in [3.63, 3.8) is 0 Å². The van der Waals surface area contributed by atoms with E-state index in [1.165, 1.54) is 12.1 Å². The van der Waals surface area contributed by atoms with Gasteiger partial charge in [0.05, 0.1) is 13.2 Å². The largest absolute Gasteiger partial charge is 0.497 e. The minimum atomic E-state index is -0.306. The molecule has 1 unspecified atom stereocenters. The first-order valence-electron chi connectivity index (χ1n) is 9.24. The maximum absolute atomic E-state index is 13.1. The molecule has 1 heterocycles. The number of carbonyl (C=O) groups is 2. The van der Waals surface area contributed by atoms with E-state index in [1.54, 1.807) is 41.2 Å². The maximum atomic E-state index is 13.1. The second-order valence-electron chi connectivity index (χ2n) is 6.69. The van der Waals surface area contributed by atoms with Crippen molar-refractivity contribution in [1.82, 2.24) is 10.2 Å². The Labute approximate surface area is 163 Å². The van der Waals surface area contributed by atoms with Gasteiger partial charge in [-0.25, -0.2) is 9.18 Å². The van der Waals surface area contributed by atoms with Gasteiger partial charge in [-0.1, -0.05) is 12.1 Å². The lowest BCUT2D eigenvalue weighted by molar-refractivity contribution is -0.117. The van der Waals surface area contributed by atoms with Gasteiger partial charge in [-0.2, -0.15) is 0 Å². The van der Waals surface area contributed by atoms with Crippen molar-refractivity contribution >= 4 is 17.6 Å². The third-order valence-corrected chi connectivity index (χ3v) is 4.79. The van der Waals surface area contributed by atoms with Crippen LogP contribution in [0, 0.1) is 5.82 Å². The standard InChI is InChI=1S/C21H24FN3O3/c1-3-24(13-15-4-6-16(22)7-5-15)21(27)23-17-12-20(26)25(14-17)18-8-10-19(28-2)11-9-18/h4-11,17H,3,12-14H2,1-2H3,(H,23,27). The zero-order chi connectivity index (χ0) is 20.1. The predicted molar refractivity (Wildman–Crippen MR) is 105 cm³/mol. The summed E-state index contributed by atoms with van der Waals surface area (Å²) in [7, 11) is 1.59. The molecule has 1 atom stereocenters. The lowest BCUT2D eigenvalue weighted by atomic mass is 10.2. The van der Waals surface area contributed by atoms with Crippen LogP contribution in [0.1, 0.15) is 18.9 Å². The average Bonchev–Trinajstić information content (AvgIpc) is 3.07. The fourth-order valence-corrected chi connectivity index (χ4v) is 3.22. The van der Waals surface area contributed by atoms with Crippen LogP contribution in [-0.4, -0.2) is 43.1 Å². The Hall–Kier alpha value is -3.09. The normalized spacial score (nSPS) is 16.2. The zero-order valence-electron chi connectivity index (χ0n) is 16.0. The van der Waals surface area contributed by atoms with E-state index in [2.05, 4.69) is 5.32 Å². The van der Waals surface area contributed by atoms with Crippen molar-refractivity contribution in [3.8, 4) is 5.75 Å². The van der Waals surface area contributed by atoms with Crippen molar-refractivity contribution in [2.75, 3.05) is 25.1 Å². The molecule has 2 aromatic carbocycles. The number of nitrogens with one attached hydrogen (secondary N) is 1. The van der Waals surface area contributed by atoms with Crippen LogP contribution < -0.4 is 15.0 Å². The molecule has 6 nitrogen and oxygen atoms in total.